The van der Waals surface area contributed by atoms with Crippen LogP contribution in [0.25, 0.3) is 16.5 Å². The third-order valence-corrected chi connectivity index (χ3v) is 5.39. The van der Waals surface area contributed by atoms with Crippen molar-refractivity contribution in [3.8, 4) is 11.5 Å². The van der Waals surface area contributed by atoms with Crippen molar-refractivity contribution in [3.05, 3.63) is 63.3 Å². The zero-order valence-corrected chi connectivity index (χ0v) is 17.9. The minimum absolute atomic E-state index is 0.0492. The molecule has 0 aromatic heterocycles. The quantitative estimate of drug-likeness (QED) is 0.463. The van der Waals surface area contributed by atoms with Crippen LogP contribution in [0.5, 0.6) is 11.5 Å². The summed E-state index contributed by atoms with van der Waals surface area (Å²) in [6.45, 7) is 9.47. The molecular formula is C25H26O5. The molecule has 2 aromatic carbocycles. The number of phenols is 2. The number of aliphatic hydroxyl groups excluding tert-OH is 1. The van der Waals surface area contributed by atoms with Gasteiger partial charge in [-0.3, -0.25) is 9.59 Å². The molecule has 1 aliphatic rings. The monoisotopic (exact) mass is 406 g/mol. The van der Waals surface area contributed by atoms with Gasteiger partial charge in [-0.2, -0.15) is 0 Å². The van der Waals surface area contributed by atoms with E-state index in [9.17, 15) is 24.9 Å². The maximum atomic E-state index is 12.9. The number of hydrogen-bond acceptors (Lipinski definition) is 5. The first-order chi connectivity index (χ1) is 14.0. The summed E-state index contributed by atoms with van der Waals surface area (Å²) in [6.07, 6.45) is 4.37. The third-order valence-electron chi connectivity index (χ3n) is 5.39. The molecule has 3 rings (SSSR count). The number of allylic oxidation sites excluding steroid dienone is 5. The van der Waals surface area contributed by atoms with Gasteiger partial charge in [0.25, 0.3) is 0 Å². The number of fused-ring (bicyclic) bond motifs is 2. The van der Waals surface area contributed by atoms with Gasteiger partial charge in [-0.05, 0) is 76.1 Å². The number of phenolic OH excluding ortho intramolecular Hbond substituents is 2. The smallest absolute Gasteiger partial charge is 0.234 e. The average Bonchev–Trinajstić information content (AvgIpc) is 2.64. The number of aryl methyl sites for hydroxylation is 1. The normalized spacial score (nSPS) is 13.5. The molecular weight excluding hydrogens is 380 g/mol. The maximum absolute atomic E-state index is 12.9. The van der Waals surface area contributed by atoms with Crippen molar-refractivity contribution < 1.29 is 24.9 Å². The molecule has 0 amide bonds. The van der Waals surface area contributed by atoms with Gasteiger partial charge in [-0.15, -0.1) is 0 Å². The third kappa shape index (κ3) is 3.52. The number of Topliss-reactive ketones (excluding diaryl/α,β-unsaturated/α-hetero) is 2. The summed E-state index contributed by atoms with van der Waals surface area (Å²) < 4.78 is 0. The average molecular weight is 406 g/mol. The van der Waals surface area contributed by atoms with Crippen molar-refractivity contribution in [2.24, 2.45) is 0 Å². The van der Waals surface area contributed by atoms with Gasteiger partial charge in [-0.1, -0.05) is 23.3 Å². The molecule has 2 aromatic rings. The molecule has 0 unspecified atom stereocenters. The number of ketones is 2. The van der Waals surface area contributed by atoms with Crippen molar-refractivity contribution in [2.75, 3.05) is 0 Å². The lowest BCUT2D eigenvalue weighted by Gasteiger charge is -2.21. The fourth-order valence-corrected chi connectivity index (χ4v) is 3.75. The van der Waals surface area contributed by atoms with Crippen molar-refractivity contribution in [1.29, 1.82) is 0 Å². The molecule has 0 radical (unpaired) electrons. The highest BCUT2D eigenvalue weighted by molar-refractivity contribution is 6.52. The molecule has 0 bridgehead atoms. The molecule has 0 saturated heterocycles. The van der Waals surface area contributed by atoms with E-state index in [4.69, 9.17) is 0 Å². The molecule has 0 atom stereocenters. The Morgan fingerprint density at radius 3 is 2.10 bits per heavy atom. The van der Waals surface area contributed by atoms with E-state index in [2.05, 4.69) is 0 Å². The molecule has 3 N–H and O–H groups in total. The van der Waals surface area contributed by atoms with Crippen LogP contribution in [0.2, 0.25) is 0 Å². The van der Waals surface area contributed by atoms with Crippen molar-refractivity contribution >= 4 is 28.1 Å². The summed E-state index contributed by atoms with van der Waals surface area (Å²) in [5.41, 5.74) is 3.47. The van der Waals surface area contributed by atoms with Crippen molar-refractivity contribution in [2.45, 2.75) is 47.5 Å². The lowest BCUT2D eigenvalue weighted by atomic mass is 9.83. The van der Waals surface area contributed by atoms with Crippen molar-refractivity contribution in [1.82, 2.24) is 0 Å². The minimum Gasteiger partial charge on any atom is -0.507 e. The lowest BCUT2D eigenvalue weighted by Crippen LogP contribution is -2.24. The van der Waals surface area contributed by atoms with Gasteiger partial charge in [0, 0.05) is 11.1 Å². The van der Waals surface area contributed by atoms with Gasteiger partial charge >= 0.3 is 0 Å². The van der Waals surface area contributed by atoms with Gasteiger partial charge in [0.15, 0.2) is 0 Å². The minimum atomic E-state index is -0.779. The molecule has 5 nitrogen and oxygen atoms in total. The van der Waals surface area contributed by atoms with Crippen LogP contribution in [0.4, 0.5) is 0 Å². The number of carbonyl (C=O) groups excluding carboxylic acids is 2. The Morgan fingerprint density at radius 1 is 0.900 bits per heavy atom. The van der Waals surface area contributed by atoms with Gasteiger partial charge in [0.05, 0.1) is 10.9 Å². The second kappa shape index (κ2) is 7.82. The van der Waals surface area contributed by atoms with Crippen LogP contribution < -0.4 is 0 Å². The largest absolute Gasteiger partial charge is 0.507 e. The first-order valence-corrected chi connectivity index (χ1v) is 9.83. The Kier molecular flexibility index (Phi) is 5.57. The molecule has 0 fully saturated rings. The Balaban J connectivity index is 2.39. The maximum Gasteiger partial charge on any atom is 0.234 e. The van der Waals surface area contributed by atoms with Crippen LogP contribution in [0.1, 0.15) is 61.2 Å². The number of rotatable bonds is 4. The first kappa shape index (κ1) is 21.4. The zero-order valence-electron chi connectivity index (χ0n) is 17.9. The van der Waals surface area contributed by atoms with E-state index in [1.807, 2.05) is 40.7 Å². The Morgan fingerprint density at radius 2 is 1.50 bits per heavy atom. The zero-order chi connectivity index (χ0) is 22.3. The molecule has 0 saturated carbocycles. The van der Waals surface area contributed by atoms with Gasteiger partial charge < -0.3 is 15.3 Å². The van der Waals surface area contributed by atoms with Crippen LogP contribution in [0.3, 0.4) is 0 Å². The van der Waals surface area contributed by atoms with E-state index in [0.717, 1.165) is 22.3 Å². The molecule has 156 valence electrons. The molecule has 5 heteroatoms. The van der Waals surface area contributed by atoms with Crippen LogP contribution in [0.15, 0.2) is 41.0 Å². The molecule has 0 spiro atoms. The summed E-state index contributed by atoms with van der Waals surface area (Å²) in [6, 6.07) is 3.06. The topological polar surface area (TPSA) is 94.8 Å². The fourth-order valence-electron chi connectivity index (χ4n) is 3.75. The molecule has 1 aliphatic carbocycles. The summed E-state index contributed by atoms with van der Waals surface area (Å²) in [7, 11) is 0. The van der Waals surface area contributed by atoms with E-state index < -0.39 is 23.1 Å². The standard InChI is InChI=1S/C25H26O5/c1-12(2)6-8-15-14(5)10-19(26)20-17(15)11-18-21(25(20)30)22(27)16(9-7-13(3)4)23(28)24(18)29/h6-7,10-11,26-27,30H,8-9H2,1-5H3. The van der Waals surface area contributed by atoms with Crippen LogP contribution in [0, 0.1) is 6.92 Å². The predicted molar refractivity (Wildman–Crippen MR) is 118 cm³/mol. The van der Waals surface area contributed by atoms with Crippen molar-refractivity contribution in [3.63, 3.8) is 0 Å². The van der Waals surface area contributed by atoms with E-state index in [1.165, 1.54) is 6.07 Å². The van der Waals surface area contributed by atoms with E-state index >= 15 is 0 Å². The second-order valence-corrected chi connectivity index (χ2v) is 8.22. The first-order valence-electron chi connectivity index (χ1n) is 9.83. The summed E-state index contributed by atoms with van der Waals surface area (Å²) in [5, 5.41) is 33.0. The Hall–Kier alpha value is -3.34. The second-order valence-electron chi connectivity index (χ2n) is 8.22. The Bertz CT molecular complexity index is 1180. The molecule has 0 aliphatic heterocycles. The van der Waals surface area contributed by atoms with Gasteiger partial charge in [0.2, 0.25) is 11.6 Å². The van der Waals surface area contributed by atoms with E-state index in [1.54, 1.807) is 12.1 Å². The van der Waals surface area contributed by atoms with Crippen LogP contribution >= 0.6 is 0 Å². The highest BCUT2D eigenvalue weighted by Crippen LogP contribution is 2.45. The predicted octanol–water partition coefficient (Wildman–Crippen LogP) is 5.46. The highest BCUT2D eigenvalue weighted by Gasteiger charge is 2.35. The highest BCUT2D eigenvalue weighted by atomic mass is 16.3. The van der Waals surface area contributed by atoms with Gasteiger partial charge in [0.1, 0.15) is 17.3 Å². The summed E-state index contributed by atoms with van der Waals surface area (Å²) >= 11 is 0. The van der Waals surface area contributed by atoms with E-state index in [-0.39, 0.29) is 34.3 Å². The fraction of sp³-hybridized carbons (Fsp3) is 0.280. The SMILES string of the molecule is CC(C)=CCC1=C(O)c2c(cc3c(CC=C(C)C)c(C)cc(O)c3c2O)C(=O)C1=O. The summed E-state index contributed by atoms with van der Waals surface area (Å²) in [5.74, 6) is -2.51. The number of aliphatic hydroxyl groups is 1. The number of carbonyl (C=O) groups is 2. The number of benzene rings is 2. The molecule has 0 heterocycles. The summed E-state index contributed by atoms with van der Waals surface area (Å²) in [4.78, 5) is 25.5. The van der Waals surface area contributed by atoms with E-state index in [0.29, 0.717) is 11.8 Å². The van der Waals surface area contributed by atoms with Gasteiger partial charge in [-0.25, -0.2) is 0 Å². The Labute approximate surface area is 175 Å². The molecule has 30 heavy (non-hydrogen) atoms. The van der Waals surface area contributed by atoms with Crippen LogP contribution in [-0.4, -0.2) is 26.9 Å². The lowest BCUT2D eigenvalue weighted by molar-refractivity contribution is -0.112. The number of aromatic hydroxyl groups is 2. The van der Waals surface area contributed by atoms with Crippen LogP contribution in [-0.2, 0) is 11.2 Å². The number of hydrogen-bond donors (Lipinski definition) is 3.